The smallest absolute Gasteiger partial charge is 0.131 e. The van der Waals surface area contributed by atoms with Crippen molar-refractivity contribution in [2.75, 3.05) is 24.3 Å². The Kier molecular flexibility index (Phi) is 2.96. The van der Waals surface area contributed by atoms with Crippen molar-refractivity contribution in [2.24, 2.45) is 0 Å². The van der Waals surface area contributed by atoms with Gasteiger partial charge >= 0.3 is 0 Å². The van der Waals surface area contributed by atoms with Gasteiger partial charge in [0.1, 0.15) is 18.0 Å². The molecule has 0 amide bonds. The third-order valence-corrected chi connectivity index (χ3v) is 3.22. The summed E-state index contributed by atoms with van der Waals surface area (Å²) in [4.78, 5) is 8.29. The number of nitrogens with one attached hydrogen (secondary N) is 2. The summed E-state index contributed by atoms with van der Waals surface area (Å²) in [5.41, 5.74) is -0.0423. The fourth-order valence-electron chi connectivity index (χ4n) is 1.85. The number of aromatic nitrogens is 2. The van der Waals surface area contributed by atoms with Crippen molar-refractivity contribution in [3.63, 3.8) is 0 Å². The van der Waals surface area contributed by atoms with Gasteiger partial charge in [-0.2, -0.15) is 0 Å². The van der Waals surface area contributed by atoms with Gasteiger partial charge in [-0.05, 0) is 20.3 Å². The number of hydrogen-bond donors (Lipinski definition) is 2. The SMILES string of the molecule is CNc1cc(NC2(C)CCOC2C)ncn1. The molecule has 0 spiro atoms. The zero-order valence-corrected chi connectivity index (χ0v) is 9.95. The van der Waals surface area contributed by atoms with Crippen LogP contribution in [0.3, 0.4) is 0 Å². The molecule has 5 heteroatoms. The van der Waals surface area contributed by atoms with E-state index in [-0.39, 0.29) is 11.6 Å². The van der Waals surface area contributed by atoms with Crippen LogP contribution in [0.5, 0.6) is 0 Å². The van der Waals surface area contributed by atoms with Crippen LogP contribution in [0.4, 0.5) is 11.6 Å². The standard InChI is InChI=1S/C11H18N4O/c1-8-11(2,4-5-16-8)15-10-6-9(12-3)13-7-14-10/h6-8H,4-5H2,1-3H3,(H2,12,13,14,15). The van der Waals surface area contributed by atoms with Gasteiger partial charge in [-0.25, -0.2) is 9.97 Å². The predicted molar refractivity (Wildman–Crippen MR) is 63.6 cm³/mol. The third kappa shape index (κ3) is 2.09. The number of anilines is 2. The highest BCUT2D eigenvalue weighted by atomic mass is 16.5. The van der Waals surface area contributed by atoms with E-state index < -0.39 is 0 Å². The normalized spacial score (nSPS) is 29.1. The van der Waals surface area contributed by atoms with E-state index >= 15 is 0 Å². The topological polar surface area (TPSA) is 59.1 Å². The Labute approximate surface area is 95.6 Å². The van der Waals surface area contributed by atoms with Crippen LogP contribution in [0.15, 0.2) is 12.4 Å². The minimum atomic E-state index is -0.0423. The Morgan fingerprint density at radius 2 is 2.19 bits per heavy atom. The minimum Gasteiger partial charge on any atom is -0.376 e. The summed E-state index contributed by atoms with van der Waals surface area (Å²) in [5.74, 6) is 1.65. The lowest BCUT2D eigenvalue weighted by molar-refractivity contribution is 0.105. The molecule has 1 aromatic heterocycles. The van der Waals surface area contributed by atoms with Crippen LogP contribution in [-0.2, 0) is 4.74 Å². The number of nitrogens with zero attached hydrogens (tertiary/aromatic N) is 2. The van der Waals surface area contributed by atoms with Gasteiger partial charge in [0.25, 0.3) is 0 Å². The lowest BCUT2D eigenvalue weighted by Crippen LogP contribution is -2.41. The average molecular weight is 222 g/mol. The second kappa shape index (κ2) is 4.25. The van der Waals surface area contributed by atoms with Gasteiger partial charge in [0.05, 0.1) is 11.6 Å². The summed E-state index contributed by atoms with van der Waals surface area (Å²) in [6.07, 6.45) is 2.74. The van der Waals surface area contributed by atoms with E-state index in [0.717, 1.165) is 24.7 Å². The van der Waals surface area contributed by atoms with E-state index in [1.165, 1.54) is 0 Å². The number of hydrogen-bond acceptors (Lipinski definition) is 5. The molecule has 1 aliphatic heterocycles. The maximum Gasteiger partial charge on any atom is 0.131 e. The van der Waals surface area contributed by atoms with Crippen molar-refractivity contribution in [3.8, 4) is 0 Å². The molecule has 0 saturated carbocycles. The predicted octanol–water partition coefficient (Wildman–Crippen LogP) is 1.50. The molecule has 1 aromatic rings. The molecular formula is C11H18N4O. The fraction of sp³-hybridized carbons (Fsp3) is 0.636. The van der Waals surface area contributed by atoms with Crippen LogP contribution < -0.4 is 10.6 Å². The highest BCUT2D eigenvalue weighted by Crippen LogP contribution is 2.29. The molecule has 0 aliphatic carbocycles. The van der Waals surface area contributed by atoms with E-state index in [2.05, 4.69) is 34.4 Å². The molecule has 1 aliphatic rings. The van der Waals surface area contributed by atoms with E-state index in [1.54, 1.807) is 6.33 Å². The maximum atomic E-state index is 5.58. The molecule has 88 valence electrons. The van der Waals surface area contributed by atoms with E-state index in [1.807, 2.05) is 13.1 Å². The van der Waals surface area contributed by atoms with Crippen LogP contribution in [0.25, 0.3) is 0 Å². The lowest BCUT2D eigenvalue weighted by atomic mass is 9.95. The first-order valence-electron chi connectivity index (χ1n) is 5.53. The first-order chi connectivity index (χ1) is 7.64. The van der Waals surface area contributed by atoms with Crippen molar-refractivity contribution >= 4 is 11.6 Å². The van der Waals surface area contributed by atoms with E-state index in [0.29, 0.717) is 0 Å². The molecule has 5 nitrogen and oxygen atoms in total. The summed E-state index contributed by atoms with van der Waals surface area (Å²) in [6.45, 7) is 5.04. The molecule has 1 saturated heterocycles. The van der Waals surface area contributed by atoms with Crippen molar-refractivity contribution in [1.29, 1.82) is 0 Å². The van der Waals surface area contributed by atoms with Gasteiger partial charge in [-0.3, -0.25) is 0 Å². The van der Waals surface area contributed by atoms with Crippen LogP contribution in [-0.4, -0.2) is 35.3 Å². The van der Waals surface area contributed by atoms with Gasteiger partial charge < -0.3 is 15.4 Å². The zero-order valence-electron chi connectivity index (χ0n) is 9.95. The largest absolute Gasteiger partial charge is 0.376 e. The quantitative estimate of drug-likeness (QED) is 0.811. The average Bonchev–Trinajstić information content (AvgIpc) is 2.59. The molecule has 2 N–H and O–H groups in total. The molecule has 2 heterocycles. The van der Waals surface area contributed by atoms with Crippen molar-refractivity contribution in [3.05, 3.63) is 12.4 Å². The van der Waals surface area contributed by atoms with E-state index in [4.69, 9.17) is 4.74 Å². The van der Waals surface area contributed by atoms with E-state index in [9.17, 15) is 0 Å². The lowest BCUT2D eigenvalue weighted by Gasteiger charge is -2.29. The monoisotopic (exact) mass is 222 g/mol. The number of ether oxygens (including phenoxy) is 1. The van der Waals surface area contributed by atoms with Crippen molar-refractivity contribution in [1.82, 2.24) is 9.97 Å². The van der Waals surface area contributed by atoms with Crippen molar-refractivity contribution < 1.29 is 4.74 Å². The third-order valence-electron chi connectivity index (χ3n) is 3.22. The molecule has 0 aromatic carbocycles. The molecule has 2 atom stereocenters. The fourth-order valence-corrected chi connectivity index (χ4v) is 1.85. The van der Waals surface area contributed by atoms with Crippen LogP contribution >= 0.6 is 0 Å². The highest BCUT2D eigenvalue weighted by molar-refractivity contribution is 5.47. The minimum absolute atomic E-state index is 0.0423. The molecule has 1 fully saturated rings. The summed E-state index contributed by atoms with van der Waals surface area (Å²) in [5, 5.41) is 6.42. The Bertz CT molecular complexity index is 371. The van der Waals surface area contributed by atoms with Gasteiger partial charge in [-0.15, -0.1) is 0 Å². The van der Waals surface area contributed by atoms with Gasteiger partial charge in [0.15, 0.2) is 0 Å². The Hall–Kier alpha value is -1.36. The molecular weight excluding hydrogens is 204 g/mol. The first kappa shape index (κ1) is 11.1. The molecule has 0 bridgehead atoms. The van der Waals surface area contributed by atoms with Crippen LogP contribution in [0.2, 0.25) is 0 Å². The Morgan fingerprint density at radius 3 is 2.81 bits per heavy atom. The number of rotatable bonds is 3. The summed E-state index contributed by atoms with van der Waals surface area (Å²) in [6, 6.07) is 1.90. The molecule has 2 rings (SSSR count). The van der Waals surface area contributed by atoms with Gasteiger partial charge in [-0.1, -0.05) is 0 Å². The van der Waals surface area contributed by atoms with Gasteiger partial charge in [0, 0.05) is 19.7 Å². The zero-order chi connectivity index (χ0) is 11.6. The Morgan fingerprint density at radius 1 is 1.44 bits per heavy atom. The molecule has 2 unspecified atom stereocenters. The maximum absolute atomic E-state index is 5.58. The summed E-state index contributed by atoms with van der Waals surface area (Å²) >= 11 is 0. The highest BCUT2D eigenvalue weighted by Gasteiger charge is 2.37. The first-order valence-corrected chi connectivity index (χ1v) is 5.53. The van der Waals surface area contributed by atoms with Crippen molar-refractivity contribution in [2.45, 2.75) is 31.9 Å². The Balaban J connectivity index is 2.13. The summed E-state index contributed by atoms with van der Waals surface area (Å²) < 4.78 is 5.58. The summed E-state index contributed by atoms with van der Waals surface area (Å²) in [7, 11) is 1.84. The van der Waals surface area contributed by atoms with Gasteiger partial charge in [0.2, 0.25) is 0 Å². The van der Waals surface area contributed by atoms with Crippen LogP contribution in [0, 0.1) is 0 Å². The second-order valence-electron chi connectivity index (χ2n) is 4.34. The van der Waals surface area contributed by atoms with Crippen LogP contribution in [0.1, 0.15) is 20.3 Å². The second-order valence-corrected chi connectivity index (χ2v) is 4.34. The molecule has 16 heavy (non-hydrogen) atoms. The molecule has 0 radical (unpaired) electrons.